The molecule has 3 nitrogen and oxygen atoms in total. The molecule has 4 heterocycles. The van der Waals surface area contributed by atoms with Gasteiger partial charge in [-0.2, -0.15) is 0 Å². The molecule has 56 heavy (non-hydrogen) atoms. The van der Waals surface area contributed by atoms with Crippen molar-refractivity contribution >= 4 is 91.9 Å². The molecule has 0 radical (unpaired) electrons. The lowest BCUT2D eigenvalue weighted by Gasteiger charge is -2.43. The third-order valence-corrected chi connectivity index (χ3v) is 14.4. The Balaban J connectivity index is 1.27. The van der Waals surface area contributed by atoms with E-state index in [4.69, 9.17) is 4.42 Å². The molecule has 0 bridgehead atoms. The standard InChI is InChI=1S/C50H47BN2OS2/c1-48(2,3)30-17-22-33(23-18-30)52-37-27-21-32(50(7,8)9)29-36(37)51-43-38(52)13-12-14-39(43)53(34-24-19-31(20-25-34)49(4,5)6)44-35-26-28-42-46(45(35)54-47(44)51)56-41-16-11-10-15-40(41)55-42/h10-29H,1-9H3. The van der Waals surface area contributed by atoms with Gasteiger partial charge in [0.1, 0.15) is 5.58 Å². The predicted octanol–water partition coefficient (Wildman–Crippen LogP) is 13.0. The molecule has 0 aliphatic carbocycles. The molecule has 6 heteroatoms. The zero-order valence-corrected chi connectivity index (χ0v) is 35.4. The van der Waals surface area contributed by atoms with Crippen molar-refractivity contribution in [2.45, 2.75) is 98.1 Å². The quantitative estimate of drug-likeness (QED) is 0.163. The number of hydrogen-bond donors (Lipinski definition) is 0. The summed E-state index contributed by atoms with van der Waals surface area (Å²) in [4.78, 5) is 10.00. The molecule has 0 saturated carbocycles. The van der Waals surface area contributed by atoms with Gasteiger partial charge >= 0.3 is 0 Å². The molecule has 0 saturated heterocycles. The van der Waals surface area contributed by atoms with Crippen molar-refractivity contribution in [3.05, 3.63) is 138 Å². The fourth-order valence-corrected chi connectivity index (χ4v) is 11.0. The van der Waals surface area contributed by atoms with Crippen LogP contribution < -0.4 is 26.4 Å². The Morgan fingerprint density at radius 1 is 0.500 bits per heavy atom. The Bertz CT molecular complexity index is 2710. The zero-order chi connectivity index (χ0) is 38.9. The minimum absolute atomic E-state index is 0.0272. The van der Waals surface area contributed by atoms with Gasteiger partial charge in [0.25, 0.3) is 6.71 Å². The number of anilines is 6. The highest BCUT2D eigenvalue weighted by molar-refractivity contribution is 8.05. The second kappa shape index (κ2) is 12.4. The molecule has 0 unspecified atom stereocenters. The molecule has 0 N–H and O–H groups in total. The smallest absolute Gasteiger partial charge is 0.297 e. The number of rotatable bonds is 2. The molecule has 3 aliphatic heterocycles. The molecule has 0 atom stereocenters. The summed E-state index contributed by atoms with van der Waals surface area (Å²) in [6.45, 7) is 20.5. The van der Waals surface area contributed by atoms with Crippen LogP contribution in [0.25, 0.3) is 11.0 Å². The number of hydrogen-bond acceptors (Lipinski definition) is 5. The molecule has 278 valence electrons. The van der Waals surface area contributed by atoms with Crippen molar-refractivity contribution < 1.29 is 4.42 Å². The van der Waals surface area contributed by atoms with Gasteiger partial charge in [-0.05, 0) is 111 Å². The number of benzene rings is 6. The Hall–Kier alpha value is -4.78. The van der Waals surface area contributed by atoms with Crippen LogP contribution in [-0.4, -0.2) is 6.71 Å². The lowest BCUT2D eigenvalue weighted by molar-refractivity contribution is 0.590. The van der Waals surface area contributed by atoms with Crippen LogP contribution >= 0.6 is 23.5 Å². The van der Waals surface area contributed by atoms with Gasteiger partial charge in [0.15, 0.2) is 0 Å². The van der Waals surface area contributed by atoms with Gasteiger partial charge in [-0.3, -0.25) is 0 Å². The van der Waals surface area contributed by atoms with E-state index in [1.807, 2.05) is 23.5 Å². The largest absolute Gasteiger partial charge is 0.467 e. The van der Waals surface area contributed by atoms with Crippen molar-refractivity contribution in [3.8, 4) is 0 Å². The van der Waals surface area contributed by atoms with Crippen molar-refractivity contribution in [2.75, 3.05) is 9.80 Å². The molecule has 10 rings (SSSR count). The van der Waals surface area contributed by atoms with Crippen LogP contribution in [-0.2, 0) is 16.2 Å². The van der Waals surface area contributed by atoms with Gasteiger partial charge in [0.05, 0.1) is 16.2 Å². The van der Waals surface area contributed by atoms with Crippen molar-refractivity contribution in [1.29, 1.82) is 0 Å². The van der Waals surface area contributed by atoms with Crippen LogP contribution in [0.1, 0.15) is 79.0 Å². The highest BCUT2D eigenvalue weighted by Gasteiger charge is 2.47. The summed E-state index contributed by atoms with van der Waals surface area (Å²) in [5.41, 5.74) is 15.6. The first-order valence-electron chi connectivity index (χ1n) is 19.8. The number of nitrogens with zero attached hydrogens (tertiary/aromatic N) is 2. The second-order valence-electron chi connectivity index (χ2n) is 18.7. The zero-order valence-electron chi connectivity index (χ0n) is 33.7. The first-order valence-corrected chi connectivity index (χ1v) is 21.4. The molecule has 3 aliphatic rings. The first kappa shape index (κ1) is 35.6. The summed E-state index contributed by atoms with van der Waals surface area (Å²) in [6.07, 6.45) is 0. The summed E-state index contributed by atoms with van der Waals surface area (Å²) < 4.78 is 7.47. The third-order valence-electron chi connectivity index (χ3n) is 11.8. The highest BCUT2D eigenvalue weighted by atomic mass is 32.2. The Kier molecular flexibility index (Phi) is 7.86. The minimum atomic E-state index is -0.0970. The fraction of sp³-hybridized carbons (Fsp3) is 0.240. The van der Waals surface area contributed by atoms with Gasteiger partial charge < -0.3 is 14.2 Å². The maximum absolute atomic E-state index is 7.47. The van der Waals surface area contributed by atoms with E-state index < -0.39 is 0 Å². The van der Waals surface area contributed by atoms with E-state index in [1.54, 1.807) is 0 Å². The summed E-state index contributed by atoms with van der Waals surface area (Å²) in [6, 6.07) is 45.8. The average molecular weight is 767 g/mol. The molecule has 1 aromatic heterocycles. The van der Waals surface area contributed by atoms with Crippen LogP contribution in [0.3, 0.4) is 0 Å². The van der Waals surface area contributed by atoms with E-state index in [0.717, 1.165) is 33.7 Å². The maximum atomic E-state index is 7.47. The average Bonchev–Trinajstić information content (AvgIpc) is 3.55. The van der Waals surface area contributed by atoms with Crippen molar-refractivity contribution in [3.63, 3.8) is 0 Å². The van der Waals surface area contributed by atoms with E-state index in [1.165, 1.54) is 64.3 Å². The SMILES string of the molecule is CC(C)(C)c1ccc(N2c3ccc(C(C)(C)C)cc3B3c4oc5c6c(ccc5c4N(c4ccc(C(C)(C)C)cc4)c4cccc2c43)Sc2ccccc2S6)cc1. The molecular weight excluding hydrogens is 720 g/mol. The lowest BCUT2D eigenvalue weighted by atomic mass is 9.35. The molecule has 7 aromatic rings. The predicted molar refractivity (Wildman–Crippen MR) is 241 cm³/mol. The maximum Gasteiger partial charge on any atom is 0.297 e. The summed E-state index contributed by atoms with van der Waals surface area (Å²) in [7, 11) is 0. The summed E-state index contributed by atoms with van der Waals surface area (Å²) in [5, 5.41) is 1.15. The Labute approximate surface area is 340 Å². The van der Waals surface area contributed by atoms with E-state index in [2.05, 4.69) is 193 Å². The Morgan fingerprint density at radius 2 is 1.05 bits per heavy atom. The molecule has 0 spiro atoms. The van der Waals surface area contributed by atoms with Crippen LogP contribution in [0, 0.1) is 0 Å². The van der Waals surface area contributed by atoms with E-state index in [0.29, 0.717) is 0 Å². The third kappa shape index (κ3) is 5.50. The molecule has 0 amide bonds. The fourth-order valence-electron chi connectivity index (χ4n) is 8.70. The lowest BCUT2D eigenvalue weighted by Crippen LogP contribution is -2.61. The number of fused-ring (bicyclic) bond motifs is 9. The van der Waals surface area contributed by atoms with Gasteiger partial charge in [-0.15, -0.1) is 0 Å². The van der Waals surface area contributed by atoms with E-state index in [9.17, 15) is 0 Å². The summed E-state index contributed by atoms with van der Waals surface area (Å²) in [5.74, 6) is 0. The normalized spacial score (nSPS) is 14.6. The van der Waals surface area contributed by atoms with Gasteiger partial charge in [-0.25, -0.2) is 0 Å². The highest BCUT2D eigenvalue weighted by Crippen LogP contribution is 2.54. The summed E-state index contributed by atoms with van der Waals surface area (Å²) >= 11 is 3.68. The van der Waals surface area contributed by atoms with Crippen LogP contribution in [0.4, 0.5) is 34.1 Å². The van der Waals surface area contributed by atoms with Gasteiger partial charge in [0, 0.05) is 48.5 Å². The van der Waals surface area contributed by atoms with Crippen molar-refractivity contribution in [2.24, 2.45) is 0 Å². The molecule has 0 fully saturated rings. The van der Waals surface area contributed by atoms with E-state index in [-0.39, 0.29) is 23.0 Å². The molecular formula is C50H47BN2OS2. The second-order valence-corrected chi connectivity index (χ2v) is 20.8. The van der Waals surface area contributed by atoms with Crippen LogP contribution in [0.2, 0.25) is 0 Å². The van der Waals surface area contributed by atoms with Gasteiger partial charge in [-0.1, -0.05) is 140 Å². The monoisotopic (exact) mass is 766 g/mol. The van der Waals surface area contributed by atoms with Crippen molar-refractivity contribution in [1.82, 2.24) is 0 Å². The first-order chi connectivity index (χ1) is 26.7. The Morgan fingerprint density at radius 3 is 1.66 bits per heavy atom. The van der Waals surface area contributed by atoms with Crippen LogP contribution in [0.15, 0.2) is 145 Å². The number of furan rings is 1. The minimum Gasteiger partial charge on any atom is -0.467 e. The van der Waals surface area contributed by atoms with E-state index >= 15 is 0 Å². The van der Waals surface area contributed by atoms with Gasteiger partial charge in [0.2, 0.25) is 0 Å². The van der Waals surface area contributed by atoms with Crippen LogP contribution in [0.5, 0.6) is 0 Å². The molecule has 6 aromatic carbocycles. The topological polar surface area (TPSA) is 19.6 Å².